The van der Waals surface area contributed by atoms with Gasteiger partial charge in [-0.2, -0.15) is 5.26 Å². The van der Waals surface area contributed by atoms with Gasteiger partial charge in [0.15, 0.2) is 0 Å². The van der Waals surface area contributed by atoms with E-state index in [1.807, 2.05) is 30.3 Å². The van der Waals surface area contributed by atoms with Gasteiger partial charge in [0.25, 0.3) is 0 Å². The monoisotopic (exact) mass is 255 g/mol. The average molecular weight is 255 g/mol. The number of hydrogen-bond acceptors (Lipinski definition) is 3. The summed E-state index contributed by atoms with van der Waals surface area (Å²) in [5.74, 6) is -0.408. The van der Waals surface area contributed by atoms with Crippen molar-refractivity contribution in [3.63, 3.8) is 0 Å². The van der Waals surface area contributed by atoms with E-state index in [-0.39, 0.29) is 0 Å². The second-order valence-electron chi connectivity index (χ2n) is 4.18. The van der Waals surface area contributed by atoms with Gasteiger partial charge in [0.2, 0.25) is 0 Å². The molecule has 0 amide bonds. The maximum absolute atomic E-state index is 13.0. The molecule has 0 atom stereocenters. The number of rotatable bonds is 4. The fraction of sp³-hybridized carbons (Fsp3) is 0.133. The third-order valence-corrected chi connectivity index (χ3v) is 2.84. The van der Waals surface area contributed by atoms with Gasteiger partial charge in [0.05, 0.1) is 11.3 Å². The average Bonchev–Trinajstić information content (AvgIpc) is 2.46. The molecule has 96 valence electrons. The van der Waals surface area contributed by atoms with Crippen LogP contribution in [0.25, 0.3) is 0 Å². The number of nitrogens with one attached hydrogen (secondary N) is 1. The molecule has 0 saturated carbocycles. The predicted octanol–water partition coefficient (Wildman–Crippen LogP) is 2.77. The Bertz CT molecular complexity index is 600. The van der Waals surface area contributed by atoms with Crippen LogP contribution in [0, 0.1) is 17.1 Å². The molecule has 0 fully saturated rings. The van der Waals surface area contributed by atoms with E-state index in [0.717, 1.165) is 11.1 Å². The maximum Gasteiger partial charge on any atom is 0.124 e. The molecule has 2 aromatic rings. The molecule has 0 unspecified atom stereocenters. The summed E-state index contributed by atoms with van der Waals surface area (Å²) in [5, 5.41) is 12.1. The summed E-state index contributed by atoms with van der Waals surface area (Å²) in [4.78, 5) is 0. The molecule has 19 heavy (non-hydrogen) atoms. The third kappa shape index (κ3) is 3.30. The van der Waals surface area contributed by atoms with Crippen molar-refractivity contribution in [3.05, 3.63) is 65.0 Å². The number of nitrogens with zero attached hydrogens (tertiary/aromatic N) is 1. The molecular formula is C15H14FN3. The van der Waals surface area contributed by atoms with Crippen molar-refractivity contribution in [1.29, 1.82) is 5.26 Å². The highest BCUT2D eigenvalue weighted by Gasteiger charge is 2.03. The maximum atomic E-state index is 13.0. The van der Waals surface area contributed by atoms with Crippen molar-refractivity contribution in [1.82, 2.24) is 0 Å². The van der Waals surface area contributed by atoms with Crippen molar-refractivity contribution in [2.45, 2.75) is 13.1 Å². The number of nitrogens with two attached hydrogens (primary N) is 1. The zero-order valence-corrected chi connectivity index (χ0v) is 10.4. The van der Waals surface area contributed by atoms with Crippen LogP contribution in [0.4, 0.5) is 10.1 Å². The second kappa shape index (κ2) is 5.98. The molecule has 0 radical (unpaired) electrons. The van der Waals surface area contributed by atoms with Crippen molar-refractivity contribution >= 4 is 5.69 Å². The molecule has 0 aromatic heterocycles. The van der Waals surface area contributed by atoms with Crippen molar-refractivity contribution in [3.8, 4) is 6.07 Å². The van der Waals surface area contributed by atoms with Crippen LogP contribution >= 0.6 is 0 Å². The molecule has 0 spiro atoms. The standard InChI is InChI=1S/C15H14FN3/c16-14-5-6-15(13(7-14)9-18)19-10-12-3-1-11(8-17)2-4-12/h1-7,19H,8,10,17H2. The van der Waals surface area contributed by atoms with Crippen LogP contribution in [0.2, 0.25) is 0 Å². The number of benzene rings is 2. The first-order chi connectivity index (χ1) is 9.22. The lowest BCUT2D eigenvalue weighted by molar-refractivity contribution is 0.627. The molecule has 0 bridgehead atoms. The van der Waals surface area contributed by atoms with E-state index in [0.29, 0.717) is 24.3 Å². The first kappa shape index (κ1) is 13.1. The third-order valence-electron chi connectivity index (χ3n) is 2.84. The fourth-order valence-electron chi connectivity index (χ4n) is 1.75. The van der Waals surface area contributed by atoms with Gasteiger partial charge in [-0.05, 0) is 29.3 Å². The van der Waals surface area contributed by atoms with Gasteiger partial charge in [-0.3, -0.25) is 0 Å². The second-order valence-corrected chi connectivity index (χ2v) is 4.18. The molecule has 0 aliphatic heterocycles. The van der Waals surface area contributed by atoms with E-state index in [2.05, 4.69) is 5.32 Å². The van der Waals surface area contributed by atoms with E-state index in [9.17, 15) is 4.39 Å². The molecule has 2 rings (SSSR count). The minimum Gasteiger partial charge on any atom is -0.380 e. The lowest BCUT2D eigenvalue weighted by atomic mass is 10.1. The van der Waals surface area contributed by atoms with Gasteiger partial charge in [0, 0.05) is 13.1 Å². The summed E-state index contributed by atoms with van der Waals surface area (Å²) in [6, 6.07) is 14.0. The zero-order chi connectivity index (χ0) is 13.7. The van der Waals surface area contributed by atoms with Gasteiger partial charge in [-0.15, -0.1) is 0 Å². The molecule has 0 heterocycles. The van der Waals surface area contributed by atoms with E-state index in [4.69, 9.17) is 11.0 Å². The van der Waals surface area contributed by atoms with E-state index in [1.54, 1.807) is 6.07 Å². The van der Waals surface area contributed by atoms with Gasteiger partial charge in [-0.1, -0.05) is 24.3 Å². The van der Waals surface area contributed by atoms with Gasteiger partial charge >= 0.3 is 0 Å². The lowest BCUT2D eigenvalue weighted by Crippen LogP contribution is -2.02. The largest absolute Gasteiger partial charge is 0.380 e. The topological polar surface area (TPSA) is 61.8 Å². The molecule has 0 aliphatic rings. The number of anilines is 1. The number of nitriles is 1. The molecule has 2 aromatic carbocycles. The number of hydrogen-bond donors (Lipinski definition) is 2. The van der Waals surface area contributed by atoms with Gasteiger partial charge in [-0.25, -0.2) is 4.39 Å². The van der Waals surface area contributed by atoms with E-state index < -0.39 is 5.82 Å². The molecule has 3 N–H and O–H groups in total. The Morgan fingerprint density at radius 2 is 1.79 bits per heavy atom. The first-order valence-electron chi connectivity index (χ1n) is 5.94. The van der Waals surface area contributed by atoms with Crippen LogP contribution in [-0.4, -0.2) is 0 Å². The molecule has 3 nitrogen and oxygen atoms in total. The Balaban J connectivity index is 2.08. The van der Waals surface area contributed by atoms with Crippen molar-refractivity contribution < 1.29 is 4.39 Å². The zero-order valence-electron chi connectivity index (χ0n) is 10.4. The summed E-state index contributed by atoms with van der Waals surface area (Å²) in [6.45, 7) is 1.09. The first-order valence-corrected chi connectivity index (χ1v) is 5.94. The normalized spacial score (nSPS) is 9.95. The minimum absolute atomic E-state index is 0.304. The Labute approximate surface area is 111 Å². The highest BCUT2D eigenvalue weighted by molar-refractivity contribution is 5.57. The van der Waals surface area contributed by atoms with E-state index in [1.165, 1.54) is 12.1 Å². The summed E-state index contributed by atoms with van der Waals surface area (Å²) >= 11 is 0. The van der Waals surface area contributed by atoms with Crippen LogP contribution in [0.5, 0.6) is 0 Å². The summed E-state index contributed by atoms with van der Waals surface area (Å²) < 4.78 is 13.0. The highest BCUT2D eigenvalue weighted by Crippen LogP contribution is 2.17. The Kier molecular flexibility index (Phi) is 4.11. The Morgan fingerprint density at radius 1 is 1.11 bits per heavy atom. The number of halogens is 1. The molecule has 0 saturated heterocycles. The van der Waals surface area contributed by atoms with Crippen molar-refractivity contribution in [2.24, 2.45) is 5.73 Å². The minimum atomic E-state index is -0.408. The highest BCUT2D eigenvalue weighted by atomic mass is 19.1. The predicted molar refractivity (Wildman–Crippen MR) is 72.8 cm³/mol. The SMILES string of the molecule is N#Cc1cc(F)ccc1NCc1ccc(CN)cc1. The van der Waals surface area contributed by atoms with Crippen LogP contribution in [0.1, 0.15) is 16.7 Å². The fourth-order valence-corrected chi connectivity index (χ4v) is 1.75. The Hall–Kier alpha value is -2.38. The summed E-state index contributed by atoms with van der Waals surface area (Å²) in [5.41, 5.74) is 8.61. The van der Waals surface area contributed by atoms with Crippen LogP contribution in [0.15, 0.2) is 42.5 Å². The van der Waals surface area contributed by atoms with Crippen molar-refractivity contribution in [2.75, 3.05) is 5.32 Å². The lowest BCUT2D eigenvalue weighted by Gasteiger charge is -2.08. The quantitative estimate of drug-likeness (QED) is 0.883. The molecule has 4 heteroatoms. The van der Waals surface area contributed by atoms with Crippen LogP contribution in [-0.2, 0) is 13.1 Å². The Morgan fingerprint density at radius 3 is 2.42 bits per heavy atom. The molecule has 0 aliphatic carbocycles. The summed E-state index contributed by atoms with van der Waals surface area (Å²) in [6.07, 6.45) is 0. The van der Waals surface area contributed by atoms with Crippen LogP contribution in [0.3, 0.4) is 0 Å². The smallest absolute Gasteiger partial charge is 0.124 e. The molecular weight excluding hydrogens is 241 g/mol. The summed E-state index contributed by atoms with van der Waals surface area (Å²) in [7, 11) is 0. The van der Waals surface area contributed by atoms with Crippen LogP contribution < -0.4 is 11.1 Å². The van der Waals surface area contributed by atoms with Gasteiger partial charge < -0.3 is 11.1 Å². The van der Waals surface area contributed by atoms with E-state index >= 15 is 0 Å². The van der Waals surface area contributed by atoms with Gasteiger partial charge in [0.1, 0.15) is 11.9 Å².